The van der Waals surface area contributed by atoms with Crippen LogP contribution in [0.1, 0.15) is 18.3 Å². The van der Waals surface area contributed by atoms with Crippen molar-refractivity contribution in [3.05, 3.63) is 21.0 Å². The number of halogens is 3. The average Bonchev–Trinajstić information content (AvgIpc) is 2.73. The van der Waals surface area contributed by atoms with E-state index in [0.29, 0.717) is 16.5 Å². The summed E-state index contributed by atoms with van der Waals surface area (Å²) >= 11 is 12.5. The molecule has 0 radical (unpaired) electrons. The minimum Gasteiger partial charge on any atom is -0.450 e. The van der Waals surface area contributed by atoms with Gasteiger partial charge < -0.3 is 9.15 Å². The molecular formula is C9H9Br2ClO2. The molecule has 2 unspecified atom stereocenters. The molecule has 1 saturated heterocycles. The van der Waals surface area contributed by atoms with Gasteiger partial charge in [-0.15, -0.1) is 11.6 Å². The fourth-order valence-corrected chi connectivity index (χ4v) is 2.53. The standard InChI is InChI=1S/C9H9Br2ClO2/c10-6-3-7(14-9(6)11)8-5(4-12)1-2-13-8/h3,5,8H,1-2,4H2. The van der Waals surface area contributed by atoms with E-state index in [1.807, 2.05) is 6.07 Å². The van der Waals surface area contributed by atoms with Gasteiger partial charge in [-0.3, -0.25) is 0 Å². The summed E-state index contributed by atoms with van der Waals surface area (Å²) in [5.41, 5.74) is 0. The molecule has 0 spiro atoms. The van der Waals surface area contributed by atoms with Crippen molar-refractivity contribution in [2.24, 2.45) is 5.92 Å². The Balaban J connectivity index is 2.21. The van der Waals surface area contributed by atoms with Crippen molar-refractivity contribution in [2.45, 2.75) is 12.5 Å². The fourth-order valence-electron chi connectivity index (χ4n) is 1.61. The molecular weight excluding hydrogens is 335 g/mol. The first kappa shape index (κ1) is 11.0. The van der Waals surface area contributed by atoms with Crippen LogP contribution in [0.4, 0.5) is 0 Å². The van der Waals surface area contributed by atoms with E-state index in [-0.39, 0.29) is 6.10 Å². The highest BCUT2D eigenvalue weighted by atomic mass is 79.9. The van der Waals surface area contributed by atoms with E-state index in [4.69, 9.17) is 20.8 Å². The normalized spacial score (nSPS) is 27.1. The van der Waals surface area contributed by atoms with E-state index in [1.54, 1.807) is 0 Å². The lowest BCUT2D eigenvalue weighted by Gasteiger charge is -2.12. The third-order valence-corrected chi connectivity index (χ3v) is 4.46. The summed E-state index contributed by atoms with van der Waals surface area (Å²) in [4.78, 5) is 0. The van der Waals surface area contributed by atoms with E-state index in [9.17, 15) is 0 Å². The molecule has 2 nitrogen and oxygen atoms in total. The van der Waals surface area contributed by atoms with Gasteiger partial charge in [0.2, 0.25) is 0 Å². The second-order valence-corrected chi connectivity index (χ2v) is 5.15. The van der Waals surface area contributed by atoms with Crippen LogP contribution in [-0.4, -0.2) is 12.5 Å². The van der Waals surface area contributed by atoms with Crippen LogP contribution in [0.25, 0.3) is 0 Å². The molecule has 2 rings (SSSR count). The third kappa shape index (κ3) is 2.03. The van der Waals surface area contributed by atoms with Gasteiger partial charge in [0.05, 0.1) is 4.47 Å². The Morgan fingerprint density at radius 2 is 2.29 bits per heavy atom. The minimum atomic E-state index is 0.00935. The van der Waals surface area contributed by atoms with Gasteiger partial charge in [0.25, 0.3) is 0 Å². The van der Waals surface area contributed by atoms with Crippen molar-refractivity contribution < 1.29 is 9.15 Å². The number of furan rings is 1. The number of ether oxygens (including phenoxy) is 1. The van der Waals surface area contributed by atoms with E-state index in [0.717, 1.165) is 23.3 Å². The molecule has 0 aliphatic carbocycles. The summed E-state index contributed by atoms with van der Waals surface area (Å²) in [5, 5.41) is 0. The van der Waals surface area contributed by atoms with Gasteiger partial charge in [-0.2, -0.15) is 0 Å². The van der Waals surface area contributed by atoms with Crippen molar-refractivity contribution in [3.8, 4) is 0 Å². The van der Waals surface area contributed by atoms with Gasteiger partial charge in [-0.25, -0.2) is 0 Å². The topological polar surface area (TPSA) is 22.4 Å². The monoisotopic (exact) mass is 342 g/mol. The second kappa shape index (κ2) is 4.56. The molecule has 0 aromatic carbocycles. The van der Waals surface area contributed by atoms with Crippen molar-refractivity contribution >= 4 is 43.5 Å². The predicted octanol–water partition coefficient (Wildman–Crippen LogP) is 4.12. The summed E-state index contributed by atoms with van der Waals surface area (Å²) in [6.07, 6.45) is 1.01. The average molecular weight is 344 g/mol. The third-order valence-electron chi connectivity index (χ3n) is 2.36. The van der Waals surface area contributed by atoms with E-state index in [2.05, 4.69) is 31.9 Å². The highest BCUT2D eigenvalue weighted by Crippen LogP contribution is 2.39. The lowest BCUT2D eigenvalue weighted by molar-refractivity contribution is 0.0759. The first-order valence-corrected chi connectivity index (χ1v) is 6.46. The summed E-state index contributed by atoms with van der Waals surface area (Å²) < 4.78 is 12.7. The fraction of sp³-hybridized carbons (Fsp3) is 0.556. The molecule has 78 valence electrons. The van der Waals surface area contributed by atoms with E-state index in [1.165, 1.54) is 0 Å². The molecule has 14 heavy (non-hydrogen) atoms. The zero-order valence-corrected chi connectivity index (χ0v) is 11.2. The first-order chi connectivity index (χ1) is 6.72. The van der Waals surface area contributed by atoms with Gasteiger partial charge in [0.1, 0.15) is 11.9 Å². The number of alkyl halides is 1. The van der Waals surface area contributed by atoms with E-state index < -0.39 is 0 Å². The molecule has 1 aromatic rings. The Hall–Kier alpha value is 0.490. The molecule has 1 aromatic heterocycles. The van der Waals surface area contributed by atoms with Crippen LogP contribution in [0.3, 0.4) is 0 Å². The molecule has 1 aliphatic rings. The summed E-state index contributed by atoms with van der Waals surface area (Å²) in [7, 11) is 0. The van der Waals surface area contributed by atoms with Crippen LogP contribution in [-0.2, 0) is 4.74 Å². The maximum Gasteiger partial charge on any atom is 0.183 e. The van der Waals surface area contributed by atoms with Crippen LogP contribution in [0.15, 0.2) is 19.6 Å². The largest absolute Gasteiger partial charge is 0.450 e. The van der Waals surface area contributed by atoms with Crippen molar-refractivity contribution in [1.29, 1.82) is 0 Å². The van der Waals surface area contributed by atoms with Gasteiger partial charge in [-0.05, 0) is 44.3 Å². The SMILES string of the molecule is ClCC1CCOC1c1cc(Br)c(Br)o1. The molecule has 1 fully saturated rings. The summed E-state index contributed by atoms with van der Waals surface area (Å²) in [6.45, 7) is 0.762. The van der Waals surface area contributed by atoms with Crippen LogP contribution in [0.2, 0.25) is 0 Å². The molecule has 0 N–H and O–H groups in total. The molecule has 5 heteroatoms. The second-order valence-electron chi connectivity index (χ2n) is 3.26. The predicted molar refractivity (Wildman–Crippen MR) is 61.6 cm³/mol. The van der Waals surface area contributed by atoms with Crippen molar-refractivity contribution in [3.63, 3.8) is 0 Å². The number of hydrogen-bond donors (Lipinski definition) is 0. The minimum absolute atomic E-state index is 0.00935. The van der Waals surface area contributed by atoms with E-state index >= 15 is 0 Å². The summed E-state index contributed by atoms with van der Waals surface area (Å²) in [5.74, 6) is 1.81. The Bertz CT molecular complexity index is 307. The van der Waals surface area contributed by atoms with Crippen LogP contribution < -0.4 is 0 Å². The first-order valence-electron chi connectivity index (χ1n) is 4.34. The Morgan fingerprint density at radius 1 is 1.50 bits per heavy atom. The van der Waals surface area contributed by atoms with Gasteiger partial charge in [0, 0.05) is 18.4 Å². The summed E-state index contributed by atoms with van der Waals surface area (Å²) in [6, 6.07) is 1.93. The lowest BCUT2D eigenvalue weighted by atomic mass is 10.0. The quantitative estimate of drug-likeness (QED) is 0.753. The van der Waals surface area contributed by atoms with Crippen LogP contribution in [0, 0.1) is 5.92 Å². The van der Waals surface area contributed by atoms with Gasteiger partial charge in [0.15, 0.2) is 4.67 Å². The number of rotatable bonds is 2. The molecule has 0 saturated carbocycles. The maximum atomic E-state index is 5.85. The van der Waals surface area contributed by atoms with Crippen LogP contribution >= 0.6 is 43.5 Å². The molecule has 2 heterocycles. The van der Waals surface area contributed by atoms with Gasteiger partial charge >= 0.3 is 0 Å². The highest BCUT2D eigenvalue weighted by molar-refractivity contribution is 9.13. The maximum absolute atomic E-state index is 5.85. The highest BCUT2D eigenvalue weighted by Gasteiger charge is 2.31. The van der Waals surface area contributed by atoms with Gasteiger partial charge in [-0.1, -0.05) is 0 Å². The zero-order valence-electron chi connectivity index (χ0n) is 7.30. The Kier molecular flexibility index (Phi) is 3.58. The Morgan fingerprint density at radius 3 is 2.86 bits per heavy atom. The zero-order chi connectivity index (χ0) is 10.1. The molecule has 0 bridgehead atoms. The Labute approximate surface area is 104 Å². The lowest BCUT2D eigenvalue weighted by Crippen LogP contribution is -2.07. The van der Waals surface area contributed by atoms with Crippen molar-refractivity contribution in [2.75, 3.05) is 12.5 Å². The van der Waals surface area contributed by atoms with Crippen LogP contribution in [0.5, 0.6) is 0 Å². The number of hydrogen-bond acceptors (Lipinski definition) is 2. The smallest absolute Gasteiger partial charge is 0.183 e. The molecule has 2 atom stereocenters. The molecule has 0 amide bonds. The molecule has 1 aliphatic heterocycles. The van der Waals surface area contributed by atoms with Crippen molar-refractivity contribution in [1.82, 2.24) is 0 Å².